The molecule has 0 aromatic carbocycles. The van der Waals surface area contributed by atoms with E-state index in [1.54, 1.807) is 48.4 Å². The first-order valence-electron chi connectivity index (χ1n) is 11.3. The molecule has 6 rings (SSSR count). The lowest BCUT2D eigenvalue weighted by molar-refractivity contribution is 0.0699. The van der Waals surface area contributed by atoms with E-state index in [1.807, 2.05) is 17.8 Å². The maximum atomic E-state index is 11.4. The van der Waals surface area contributed by atoms with E-state index in [9.17, 15) is 9.90 Å². The Morgan fingerprint density at radius 2 is 1.18 bits per heavy atom. The summed E-state index contributed by atoms with van der Waals surface area (Å²) in [7, 11) is 3.72. The molecule has 38 heavy (non-hydrogen) atoms. The third-order valence-corrected chi connectivity index (χ3v) is 5.88. The standard InChI is InChI=1S/C13H11N5O2.C12H12N6/c1-18-6-8(9-3-5-16-13(14)17-9)10-7(12(19)20)2-4-15-11(10)18;1-18-6-7(9-3-5-16-12(14)17-9)10-8(13)2-4-15-11(10)18/h2-6H,1H3,(H,19,20)(H2,14,16,17);2-6H,1H3,(H2,13,15)(H2,14,16,17). The summed E-state index contributed by atoms with van der Waals surface area (Å²) in [6.45, 7) is 0. The lowest BCUT2D eigenvalue weighted by Gasteiger charge is -2.02. The second kappa shape index (κ2) is 9.46. The number of hydrogen-bond donors (Lipinski definition) is 4. The predicted octanol–water partition coefficient (Wildman–Crippen LogP) is 2.51. The second-order valence-electron chi connectivity index (χ2n) is 8.37. The number of nitrogen functional groups attached to an aromatic ring is 3. The van der Waals surface area contributed by atoms with Gasteiger partial charge in [0.05, 0.1) is 22.3 Å². The van der Waals surface area contributed by atoms with Crippen molar-refractivity contribution in [2.75, 3.05) is 17.2 Å². The maximum absolute atomic E-state index is 11.4. The number of nitrogens with two attached hydrogens (primary N) is 3. The minimum Gasteiger partial charge on any atom is -0.478 e. The zero-order chi connectivity index (χ0) is 27.0. The number of aryl methyl sites for hydroxylation is 2. The van der Waals surface area contributed by atoms with Crippen molar-refractivity contribution in [3.8, 4) is 22.5 Å². The number of aromatic carboxylic acids is 1. The number of fused-ring (bicyclic) bond motifs is 2. The highest BCUT2D eigenvalue weighted by Crippen LogP contribution is 2.32. The van der Waals surface area contributed by atoms with Crippen molar-refractivity contribution >= 4 is 45.6 Å². The van der Waals surface area contributed by atoms with Crippen LogP contribution in [-0.4, -0.2) is 50.1 Å². The smallest absolute Gasteiger partial charge is 0.336 e. The van der Waals surface area contributed by atoms with Gasteiger partial charge in [-0.2, -0.15) is 0 Å². The van der Waals surface area contributed by atoms with Gasteiger partial charge in [0.15, 0.2) is 0 Å². The van der Waals surface area contributed by atoms with Crippen LogP contribution in [0, 0.1) is 0 Å². The van der Waals surface area contributed by atoms with Crippen molar-refractivity contribution in [2.45, 2.75) is 0 Å². The number of rotatable bonds is 3. The average molecular weight is 510 g/mol. The van der Waals surface area contributed by atoms with E-state index in [0.29, 0.717) is 28.0 Å². The van der Waals surface area contributed by atoms with E-state index in [4.69, 9.17) is 17.2 Å². The molecule has 0 spiro atoms. The molecule has 7 N–H and O–H groups in total. The number of aromatic nitrogens is 8. The summed E-state index contributed by atoms with van der Waals surface area (Å²) in [6.07, 6.45) is 10.1. The molecule has 6 aromatic heterocycles. The highest BCUT2D eigenvalue weighted by molar-refractivity contribution is 6.08. The Balaban J connectivity index is 0.000000156. The molecule has 0 saturated carbocycles. The third kappa shape index (κ3) is 4.28. The van der Waals surface area contributed by atoms with E-state index >= 15 is 0 Å². The van der Waals surface area contributed by atoms with Gasteiger partial charge in [-0.25, -0.2) is 34.7 Å². The van der Waals surface area contributed by atoms with Gasteiger partial charge in [-0.15, -0.1) is 0 Å². The van der Waals surface area contributed by atoms with Crippen LogP contribution in [0.5, 0.6) is 0 Å². The zero-order valence-electron chi connectivity index (χ0n) is 20.4. The first-order chi connectivity index (χ1) is 18.2. The number of hydrogen-bond acceptors (Lipinski definition) is 10. The summed E-state index contributed by atoms with van der Waals surface area (Å²) in [5, 5.41) is 10.8. The summed E-state index contributed by atoms with van der Waals surface area (Å²) in [4.78, 5) is 36.0. The third-order valence-electron chi connectivity index (χ3n) is 5.88. The molecule has 0 aliphatic carbocycles. The number of anilines is 3. The Kier molecular flexibility index (Phi) is 6.01. The van der Waals surface area contributed by atoms with Crippen LogP contribution in [0.25, 0.3) is 44.6 Å². The quantitative estimate of drug-likeness (QED) is 0.273. The van der Waals surface area contributed by atoms with Crippen LogP contribution in [-0.2, 0) is 14.1 Å². The summed E-state index contributed by atoms with van der Waals surface area (Å²) >= 11 is 0. The lowest BCUT2D eigenvalue weighted by atomic mass is 10.1. The van der Waals surface area contributed by atoms with Crippen LogP contribution in [0.2, 0.25) is 0 Å². The highest BCUT2D eigenvalue weighted by atomic mass is 16.4. The average Bonchev–Trinajstić information content (AvgIpc) is 3.42. The van der Waals surface area contributed by atoms with Crippen molar-refractivity contribution in [1.82, 2.24) is 39.0 Å². The number of carboxylic acids is 1. The fraction of sp³-hybridized carbons (Fsp3) is 0.0800. The molecule has 6 heterocycles. The number of carbonyl (C=O) groups is 1. The van der Waals surface area contributed by atoms with E-state index in [2.05, 4.69) is 29.9 Å². The largest absolute Gasteiger partial charge is 0.478 e. The van der Waals surface area contributed by atoms with Crippen LogP contribution >= 0.6 is 0 Å². The topological polar surface area (TPSA) is 203 Å². The number of carboxylic acid groups (broad SMARTS) is 1. The monoisotopic (exact) mass is 509 g/mol. The fourth-order valence-electron chi connectivity index (χ4n) is 4.25. The molecular formula is C25H23N11O2. The van der Waals surface area contributed by atoms with Crippen LogP contribution in [0.1, 0.15) is 10.4 Å². The first-order valence-corrected chi connectivity index (χ1v) is 11.3. The van der Waals surface area contributed by atoms with Gasteiger partial charge in [0.2, 0.25) is 11.9 Å². The van der Waals surface area contributed by atoms with Crippen LogP contribution in [0.15, 0.2) is 61.4 Å². The SMILES string of the molecule is Cn1cc(-c2ccnc(N)n2)c2c(C(=O)O)ccnc21.Cn1cc(-c2ccnc(N)n2)c2c(N)ccnc21. The lowest BCUT2D eigenvalue weighted by Crippen LogP contribution is -1.99. The van der Waals surface area contributed by atoms with Crippen LogP contribution in [0.3, 0.4) is 0 Å². The molecule has 13 heteroatoms. The Hall–Kier alpha value is -5.59. The van der Waals surface area contributed by atoms with Crippen LogP contribution in [0.4, 0.5) is 17.6 Å². The first kappa shape index (κ1) is 24.1. The van der Waals surface area contributed by atoms with Crippen molar-refractivity contribution in [2.24, 2.45) is 14.1 Å². The van der Waals surface area contributed by atoms with E-state index in [-0.39, 0.29) is 17.5 Å². The van der Waals surface area contributed by atoms with E-state index in [0.717, 1.165) is 22.3 Å². The molecule has 0 atom stereocenters. The Morgan fingerprint density at radius 1 is 0.711 bits per heavy atom. The molecule has 6 aromatic rings. The van der Waals surface area contributed by atoms with Gasteiger partial charge in [-0.05, 0) is 24.3 Å². The molecule has 13 nitrogen and oxygen atoms in total. The van der Waals surface area contributed by atoms with Gasteiger partial charge >= 0.3 is 5.97 Å². The van der Waals surface area contributed by atoms with Gasteiger partial charge in [-0.1, -0.05) is 0 Å². The Labute approximate surface area is 215 Å². The Morgan fingerprint density at radius 3 is 1.71 bits per heavy atom. The Bertz CT molecular complexity index is 1820. The summed E-state index contributed by atoms with van der Waals surface area (Å²) in [6, 6.07) is 6.73. The fourth-order valence-corrected chi connectivity index (χ4v) is 4.25. The maximum Gasteiger partial charge on any atom is 0.336 e. The molecule has 0 bridgehead atoms. The van der Waals surface area contributed by atoms with Gasteiger partial charge in [0, 0.05) is 73.5 Å². The number of pyridine rings is 2. The highest BCUT2D eigenvalue weighted by Gasteiger charge is 2.18. The van der Waals surface area contributed by atoms with Gasteiger partial charge in [0.1, 0.15) is 11.3 Å². The van der Waals surface area contributed by atoms with Gasteiger partial charge in [0.25, 0.3) is 0 Å². The van der Waals surface area contributed by atoms with Crippen molar-refractivity contribution < 1.29 is 9.90 Å². The van der Waals surface area contributed by atoms with E-state index in [1.165, 1.54) is 18.5 Å². The van der Waals surface area contributed by atoms with Gasteiger partial charge in [-0.3, -0.25) is 0 Å². The molecular weight excluding hydrogens is 486 g/mol. The van der Waals surface area contributed by atoms with Gasteiger partial charge < -0.3 is 31.4 Å². The molecule has 190 valence electrons. The van der Waals surface area contributed by atoms with Crippen LogP contribution < -0.4 is 17.2 Å². The van der Waals surface area contributed by atoms with Crippen molar-refractivity contribution in [3.05, 3.63) is 67.0 Å². The molecule has 0 saturated heterocycles. The summed E-state index contributed by atoms with van der Waals surface area (Å²) < 4.78 is 3.68. The normalized spacial score (nSPS) is 10.9. The van der Waals surface area contributed by atoms with Crippen molar-refractivity contribution in [3.63, 3.8) is 0 Å². The summed E-state index contributed by atoms with van der Waals surface area (Å²) in [5.41, 5.74) is 22.4. The second-order valence-corrected chi connectivity index (χ2v) is 8.37. The molecule has 0 amide bonds. The zero-order valence-corrected chi connectivity index (χ0v) is 20.4. The molecule has 0 fully saturated rings. The minimum absolute atomic E-state index is 0.139. The van der Waals surface area contributed by atoms with Crippen molar-refractivity contribution in [1.29, 1.82) is 0 Å². The molecule has 0 aliphatic rings. The number of nitrogens with zero attached hydrogens (tertiary/aromatic N) is 8. The molecule has 0 radical (unpaired) electrons. The predicted molar refractivity (Wildman–Crippen MR) is 144 cm³/mol. The van der Waals surface area contributed by atoms with E-state index < -0.39 is 5.97 Å². The summed E-state index contributed by atoms with van der Waals surface area (Å²) in [5.74, 6) is -0.626. The molecule has 0 aliphatic heterocycles. The molecule has 0 unspecified atom stereocenters. The minimum atomic E-state index is -1.01.